The van der Waals surface area contributed by atoms with E-state index < -0.39 is 29.7 Å². The van der Waals surface area contributed by atoms with Gasteiger partial charge < -0.3 is 45.6 Å². The topological polar surface area (TPSA) is 257 Å². The van der Waals surface area contributed by atoms with E-state index in [1.54, 1.807) is 86.7 Å². The molecule has 0 bridgehead atoms. The third kappa shape index (κ3) is 18.7. The SMILES string of the molecule is CCC(C)(C)c1ccc(OCC(=O)Nc2cccc(C(=O)NC3=NN(c4c(Cl)cc(Cl)cc4Cl)C(=O)C3N=Nc3ccc(OC)cc3)c2)c(C(C)(C)CC)c1.Cc1cc(O)c(C)cc1O.Cc1ccc(C)c(NC(=O)C2=CC(=Nc3ccc(N(C)CCO)cc3)c3ccccc3C2=O)c1. The number of ketones is 1. The number of aliphatic hydroxyl groups excluding tert-OH is 1. The second kappa shape index (κ2) is 32.9. The molecule has 0 saturated carbocycles. The minimum Gasteiger partial charge on any atom is -0.508 e. The van der Waals surface area contributed by atoms with Crippen molar-refractivity contribution in [2.24, 2.45) is 20.3 Å². The number of carbonyl (C=O) groups is 5. The van der Waals surface area contributed by atoms with Crippen LogP contribution in [0.1, 0.15) is 114 Å². The van der Waals surface area contributed by atoms with Crippen molar-refractivity contribution in [2.45, 2.75) is 99.0 Å². The second-order valence-corrected chi connectivity index (χ2v) is 26.3. The largest absolute Gasteiger partial charge is 0.508 e. The fourth-order valence-electron chi connectivity index (χ4n) is 10.2. The van der Waals surface area contributed by atoms with Gasteiger partial charge in [0.05, 0.1) is 46.4 Å². The number of fused-ring (bicyclic) bond motifs is 1. The Kier molecular flexibility index (Phi) is 24.8. The predicted octanol–water partition coefficient (Wildman–Crippen LogP) is 16.6. The molecule has 2 aliphatic rings. The number of phenols is 2. The van der Waals surface area contributed by atoms with E-state index in [2.05, 4.69) is 85.0 Å². The summed E-state index contributed by atoms with van der Waals surface area (Å²) >= 11 is 19.0. The molecule has 1 aliphatic heterocycles. The number of anilines is 4. The smallest absolute Gasteiger partial charge is 0.282 e. The van der Waals surface area contributed by atoms with Crippen molar-refractivity contribution in [2.75, 3.05) is 54.5 Å². The molecule has 1 aliphatic carbocycles. The Morgan fingerprint density at radius 3 is 1.95 bits per heavy atom. The van der Waals surface area contributed by atoms with Crippen molar-refractivity contribution in [1.82, 2.24) is 5.32 Å². The maximum Gasteiger partial charge on any atom is 0.282 e. The van der Waals surface area contributed by atoms with E-state index in [1.807, 2.05) is 86.5 Å². The number of aliphatic hydroxyl groups is 1. The van der Waals surface area contributed by atoms with Gasteiger partial charge in [0.15, 0.2) is 18.2 Å². The van der Waals surface area contributed by atoms with Crippen LogP contribution in [0, 0.1) is 27.7 Å². The van der Waals surface area contributed by atoms with Gasteiger partial charge in [-0.25, -0.2) is 4.99 Å². The summed E-state index contributed by atoms with van der Waals surface area (Å²) in [4.78, 5) is 73.5. The van der Waals surface area contributed by atoms with Crippen LogP contribution in [0.25, 0.3) is 0 Å². The number of likely N-dealkylation sites (N-methyl/N-ethyl adjacent to an activating group) is 1. The van der Waals surface area contributed by atoms with Gasteiger partial charge in [-0.1, -0.05) is 131 Å². The van der Waals surface area contributed by atoms with E-state index in [-0.39, 0.29) is 79.1 Å². The number of ether oxygens (including phenoxy) is 2. The highest BCUT2D eigenvalue weighted by Gasteiger charge is 2.40. The third-order valence-electron chi connectivity index (χ3n) is 17.1. The van der Waals surface area contributed by atoms with Crippen LogP contribution in [0.5, 0.6) is 23.0 Å². The zero-order valence-electron chi connectivity index (χ0n) is 57.2. The van der Waals surface area contributed by atoms with Gasteiger partial charge in [0.2, 0.25) is 6.04 Å². The summed E-state index contributed by atoms with van der Waals surface area (Å²) in [5.74, 6) is -0.892. The number of hydrazone groups is 1. The number of benzene rings is 8. The average molecular weight is 1400 g/mol. The van der Waals surface area contributed by atoms with Crippen LogP contribution >= 0.6 is 34.8 Å². The number of amidine groups is 1. The van der Waals surface area contributed by atoms with Gasteiger partial charge in [0.1, 0.15) is 28.7 Å². The maximum atomic E-state index is 13.7. The maximum absolute atomic E-state index is 13.7. The van der Waals surface area contributed by atoms with Crippen LogP contribution < -0.4 is 35.3 Å². The Hall–Kier alpha value is -10.2. The first-order chi connectivity index (χ1) is 47.0. The van der Waals surface area contributed by atoms with Crippen molar-refractivity contribution in [3.05, 3.63) is 235 Å². The zero-order chi connectivity index (χ0) is 72.0. The highest BCUT2D eigenvalue weighted by Crippen LogP contribution is 2.41. The molecular weight excluding hydrogens is 1320 g/mol. The van der Waals surface area contributed by atoms with Crippen molar-refractivity contribution in [3.63, 3.8) is 0 Å². The van der Waals surface area contributed by atoms with Gasteiger partial charge in [0.25, 0.3) is 23.6 Å². The fraction of sp³-hybridized carbons (Fsp3) is 0.260. The molecule has 514 valence electrons. The number of amides is 4. The summed E-state index contributed by atoms with van der Waals surface area (Å²) in [6.45, 7) is 20.8. The number of phenolic OH excluding ortho intramolecular Hbond substituents is 2. The molecule has 22 heteroatoms. The van der Waals surface area contributed by atoms with Crippen molar-refractivity contribution >= 4 is 110 Å². The number of aromatic hydroxyl groups is 2. The highest BCUT2D eigenvalue weighted by molar-refractivity contribution is 6.43. The molecule has 19 nitrogen and oxygen atoms in total. The summed E-state index contributed by atoms with van der Waals surface area (Å²) in [6, 6.07) is 44.3. The molecule has 8 aromatic carbocycles. The summed E-state index contributed by atoms with van der Waals surface area (Å²) < 4.78 is 11.3. The Morgan fingerprint density at radius 2 is 1.32 bits per heavy atom. The number of aryl methyl sites for hydroxylation is 4. The number of azo groups is 1. The van der Waals surface area contributed by atoms with Crippen LogP contribution in [0.2, 0.25) is 15.1 Å². The third-order valence-corrected chi connectivity index (χ3v) is 17.9. The molecular formula is C77H80Cl3N9O10. The molecule has 1 unspecified atom stereocenters. The summed E-state index contributed by atoms with van der Waals surface area (Å²) in [7, 11) is 3.44. The molecule has 99 heavy (non-hydrogen) atoms. The highest BCUT2D eigenvalue weighted by atomic mass is 35.5. The normalized spacial score (nSPS) is 13.9. The molecule has 1 heterocycles. The average Bonchev–Trinajstić information content (AvgIpc) is 1.76. The van der Waals surface area contributed by atoms with E-state index in [1.165, 1.54) is 30.9 Å². The summed E-state index contributed by atoms with van der Waals surface area (Å²) in [6.07, 6.45) is 3.43. The molecule has 0 fully saturated rings. The molecule has 6 N–H and O–H groups in total. The molecule has 1 atom stereocenters. The lowest BCUT2D eigenvalue weighted by atomic mass is 9.76. The van der Waals surface area contributed by atoms with Gasteiger partial charge >= 0.3 is 0 Å². The number of nitrogens with one attached hydrogen (secondary N) is 3. The second-order valence-electron chi connectivity index (χ2n) is 25.0. The van der Waals surface area contributed by atoms with Crippen LogP contribution in [-0.4, -0.2) is 96.2 Å². The molecule has 0 saturated heterocycles. The molecule has 8 aromatic rings. The minimum absolute atomic E-state index is 0.00846. The Morgan fingerprint density at radius 1 is 0.687 bits per heavy atom. The number of aliphatic imine (C=N–C) groups is 1. The number of Topliss-reactive ketones (excluding diaryl/α,β-unsaturated/α-hetero) is 1. The zero-order valence-corrected chi connectivity index (χ0v) is 59.5. The number of halogens is 3. The number of allylic oxidation sites excluding steroid dienone is 1. The first kappa shape index (κ1) is 74.6. The van der Waals surface area contributed by atoms with E-state index in [0.29, 0.717) is 68.8 Å². The number of carbonyl (C=O) groups excluding carboxylic acids is 5. The lowest BCUT2D eigenvalue weighted by molar-refractivity contribution is -0.118. The van der Waals surface area contributed by atoms with E-state index in [9.17, 15) is 24.0 Å². The minimum atomic E-state index is -1.36. The van der Waals surface area contributed by atoms with E-state index in [4.69, 9.17) is 64.6 Å². The van der Waals surface area contributed by atoms with E-state index >= 15 is 0 Å². The fourth-order valence-corrected chi connectivity index (χ4v) is 11.2. The van der Waals surface area contributed by atoms with Gasteiger partial charge in [-0.2, -0.15) is 15.2 Å². The van der Waals surface area contributed by atoms with Gasteiger partial charge in [-0.3, -0.25) is 24.0 Å². The van der Waals surface area contributed by atoms with Crippen LogP contribution in [0.4, 0.5) is 34.1 Å². The van der Waals surface area contributed by atoms with E-state index in [0.717, 1.165) is 40.2 Å². The van der Waals surface area contributed by atoms with Crippen LogP contribution in [0.15, 0.2) is 190 Å². The van der Waals surface area contributed by atoms with Crippen molar-refractivity contribution in [3.8, 4) is 23.0 Å². The van der Waals surface area contributed by atoms with Crippen molar-refractivity contribution < 1.29 is 48.8 Å². The standard InChI is InChI=1S/C41H43Cl3N6O5.C28H27N3O3.C8H10O2/c1-8-40(3,4)25-13-18-33(30(20-25)41(5,6)9-2)55-23-34(51)45-28-12-10-11-24(19-28)38(52)46-37-35(48-47-27-14-16-29(54-7)17-15-27)39(53)50(49-37)36-31(43)21-26(42)22-32(36)44;1-18-8-9-19(2)25(16-18)30-28(34)24-17-26(22-6-4-5-7-23(22)27(24)33)29-20-10-12-21(13-11-20)31(3)14-15-32;1-5-3-8(10)6(2)4-7(5)9/h10-22,35H,8-9,23H2,1-7H3,(H,45,51)(H,46,49,52);4-13,16-17,32H,14-15H2,1-3H3,(H,30,34);3-4,9-10H,1-2H3. The number of hydrogen-bond acceptors (Lipinski definition) is 15. The quantitative estimate of drug-likeness (QED) is 0.0252. The lowest BCUT2D eigenvalue weighted by Gasteiger charge is -2.30. The van der Waals surface area contributed by atoms with Crippen LogP contribution in [0.3, 0.4) is 0 Å². The molecule has 4 amide bonds. The Balaban J connectivity index is 0.000000238. The molecule has 0 aromatic heterocycles. The molecule has 0 radical (unpaired) electrons. The Bertz CT molecular complexity index is 4400. The number of nitrogens with zero attached hydrogens (tertiary/aromatic N) is 6. The number of hydrogen-bond donors (Lipinski definition) is 6. The lowest BCUT2D eigenvalue weighted by Crippen LogP contribution is -2.39. The van der Waals surface area contributed by atoms with Gasteiger partial charge in [0, 0.05) is 57.9 Å². The first-order valence-corrected chi connectivity index (χ1v) is 33.0. The van der Waals surface area contributed by atoms with Gasteiger partial charge in [-0.15, -0.1) is 5.10 Å². The first-order valence-electron chi connectivity index (χ1n) is 31.9. The monoisotopic (exact) mass is 1400 g/mol. The van der Waals surface area contributed by atoms with Crippen LogP contribution in [-0.2, 0) is 25.2 Å². The molecule has 10 rings (SSSR count). The van der Waals surface area contributed by atoms with Crippen molar-refractivity contribution in [1.29, 1.82) is 0 Å². The summed E-state index contributed by atoms with van der Waals surface area (Å²) in [5.41, 5.74) is 10.5. The number of rotatable bonds is 19. The predicted molar refractivity (Wildman–Crippen MR) is 394 cm³/mol. The summed E-state index contributed by atoms with van der Waals surface area (Å²) in [5, 5.41) is 49.9. The number of methoxy groups -OCH3 is 1. The molecule has 0 spiro atoms. The Labute approximate surface area is 591 Å². The van der Waals surface area contributed by atoms with Gasteiger partial charge in [-0.05, 0) is 188 Å².